The fourth-order valence-electron chi connectivity index (χ4n) is 1.67. The van der Waals surface area contributed by atoms with Gasteiger partial charge in [0.2, 0.25) is 5.91 Å². The van der Waals surface area contributed by atoms with Crippen molar-refractivity contribution in [2.45, 2.75) is 6.42 Å². The largest absolute Gasteiger partial charge is 0.493 e. The van der Waals surface area contributed by atoms with Gasteiger partial charge in [-0.25, -0.2) is 9.97 Å². The Bertz CT molecular complexity index is 679. The van der Waals surface area contributed by atoms with E-state index in [1.165, 1.54) is 12.4 Å². The molecule has 1 heterocycles. The molecular weight excluding hydrogens is 282 g/mol. The fraction of sp³-hybridized carbons (Fsp3) is 0.200. The first kappa shape index (κ1) is 15.3. The van der Waals surface area contributed by atoms with Gasteiger partial charge in [-0.2, -0.15) is 5.26 Å². The topological polar surface area (TPSA) is 99.9 Å². The molecule has 1 aromatic carbocycles. The summed E-state index contributed by atoms with van der Waals surface area (Å²) in [5.41, 5.74) is 0.990. The average molecular weight is 297 g/mol. The van der Waals surface area contributed by atoms with Gasteiger partial charge in [0, 0.05) is 25.1 Å². The van der Waals surface area contributed by atoms with Crippen LogP contribution in [0.1, 0.15) is 12.1 Å². The van der Waals surface area contributed by atoms with Crippen molar-refractivity contribution in [3.63, 3.8) is 0 Å². The van der Waals surface area contributed by atoms with E-state index < -0.39 is 0 Å². The molecule has 1 amide bonds. The maximum atomic E-state index is 11.1. The van der Waals surface area contributed by atoms with Crippen molar-refractivity contribution in [3.05, 3.63) is 42.4 Å². The van der Waals surface area contributed by atoms with Crippen LogP contribution in [0.25, 0.3) is 0 Å². The molecule has 0 saturated carbocycles. The van der Waals surface area contributed by atoms with Crippen LogP contribution < -0.4 is 15.4 Å². The summed E-state index contributed by atoms with van der Waals surface area (Å²) in [6, 6.07) is 9.11. The summed E-state index contributed by atoms with van der Waals surface area (Å²) in [5, 5.41) is 14.5. The molecule has 0 fully saturated rings. The quantitative estimate of drug-likeness (QED) is 0.840. The summed E-state index contributed by atoms with van der Waals surface area (Å²) in [6.07, 6.45) is 3.29. The van der Waals surface area contributed by atoms with E-state index in [9.17, 15) is 4.79 Å². The molecule has 0 unspecified atom stereocenters. The molecule has 2 N–H and O–H groups in total. The van der Waals surface area contributed by atoms with Crippen molar-refractivity contribution in [3.8, 4) is 11.8 Å². The predicted molar refractivity (Wildman–Crippen MR) is 80.7 cm³/mol. The van der Waals surface area contributed by atoms with Crippen LogP contribution in [0.15, 0.2) is 36.7 Å². The first-order chi connectivity index (χ1) is 10.7. The fourth-order valence-corrected chi connectivity index (χ4v) is 1.67. The van der Waals surface area contributed by atoms with Gasteiger partial charge in [0.05, 0.1) is 13.0 Å². The second-order valence-electron chi connectivity index (χ2n) is 4.29. The van der Waals surface area contributed by atoms with Crippen molar-refractivity contribution in [2.24, 2.45) is 0 Å². The molecule has 0 aliphatic heterocycles. The van der Waals surface area contributed by atoms with E-state index >= 15 is 0 Å². The molecule has 22 heavy (non-hydrogen) atoms. The maximum Gasteiger partial charge on any atom is 0.223 e. The number of nitrogens with zero attached hydrogens (tertiary/aromatic N) is 3. The van der Waals surface area contributed by atoms with Crippen LogP contribution in [0, 0.1) is 11.3 Å². The molecule has 7 nitrogen and oxygen atoms in total. The van der Waals surface area contributed by atoms with Crippen LogP contribution >= 0.6 is 0 Å². The van der Waals surface area contributed by atoms with Gasteiger partial charge >= 0.3 is 0 Å². The van der Waals surface area contributed by atoms with Gasteiger partial charge in [-0.1, -0.05) is 0 Å². The van der Waals surface area contributed by atoms with E-state index in [2.05, 4.69) is 20.6 Å². The number of anilines is 2. The van der Waals surface area contributed by atoms with Crippen molar-refractivity contribution in [1.82, 2.24) is 15.3 Å². The van der Waals surface area contributed by atoms with E-state index in [-0.39, 0.29) is 11.6 Å². The zero-order valence-electron chi connectivity index (χ0n) is 12.0. The number of carbonyl (C=O) groups excluding carboxylic acids is 1. The third-order valence-electron chi connectivity index (χ3n) is 2.80. The predicted octanol–water partition coefficient (Wildman–Crippen LogP) is 1.61. The van der Waals surface area contributed by atoms with Crippen LogP contribution in [-0.4, -0.2) is 29.5 Å². The first-order valence-corrected chi connectivity index (χ1v) is 6.64. The zero-order chi connectivity index (χ0) is 15.8. The van der Waals surface area contributed by atoms with Gasteiger partial charge < -0.3 is 15.4 Å². The number of nitriles is 1. The summed E-state index contributed by atoms with van der Waals surface area (Å²) >= 11 is 0. The number of aromatic nitrogens is 2. The molecule has 2 rings (SSSR count). The van der Waals surface area contributed by atoms with Crippen LogP contribution in [0.2, 0.25) is 0 Å². The SMILES string of the molecule is CNC(=O)CCOc1ccc(Nc2nccnc2C#N)cc1. The monoisotopic (exact) mass is 297 g/mol. The number of rotatable bonds is 6. The Balaban J connectivity index is 1.95. The molecule has 0 aliphatic carbocycles. The van der Waals surface area contributed by atoms with Crippen LogP contribution in [0.5, 0.6) is 5.75 Å². The van der Waals surface area contributed by atoms with Gasteiger partial charge in [0.1, 0.15) is 11.8 Å². The Morgan fingerprint density at radius 1 is 1.27 bits per heavy atom. The van der Waals surface area contributed by atoms with Crippen molar-refractivity contribution in [2.75, 3.05) is 19.0 Å². The smallest absolute Gasteiger partial charge is 0.223 e. The summed E-state index contributed by atoms with van der Waals surface area (Å²) < 4.78 is 5.46. The Morgan fingerprint density at radius 2 is 2.00 bits per heavy atom. The molecule has 0 atom stereocenters. The van der Waals surface area contributed by atoms with Crippen molar-refractivity contribution >= 4 is 17.4 Å². The molecule has 0 bridgehead atoms. The van der Waals surface area contributed by atoms with E-state index in [0.717, 1.165) is 5.69 Å². The molecular formula is C15H15N5O2. The third kappa shape index (κ3) is 4.18. The Labute approximate surface area is 128 Å². The van der Waals surface area contributed by atoms with Gasteiger partial charge in [-0.3, -0.25) is 4.79 Å². The standard InChI is InChI=1S/C15H15N5O2/c1-17-14(21)6-9-22-12-4-2-11(3-5-12)20-15-13(10-16)18-7-8-19-15/h2-5,7-8H,6,9H2,1H3,(H,17,21)(H,19,20). The molecule has 7 heteroatoms. The number of amides is 1. The number of benzene rings is 1. The summed E-state index contributed by atoms with van der Waals surface area (Å²) in [6.45, 7) is 0.315. The van der Waals surface area contributed by atoms with Crippen molar-refractivity contribution < 1.29 is 9.53 Å². The Hall–Kier alpha value is -3.14. The normalized spacial score (nSPS) is 9.64. The average Bonchev–Trinajstić information content (AvgIpc) is 2.56. The van der Waals surface area contributed by atoms with E-state index in [1.54, 1.807) is 31.3 Å². The van der Waals surface area contributed by atoms with Crippen molar-refractivity contribution in [1.29, 1.82) is 5.26 Å². The molecule has 112 valence electrons. The third-order valence-corrected chi connectivity index (χ3v) is 2.80. The second kappa shape index (κ2) is 7.59. The number of ether oxygens (including phenoxy) is 1. The number of hydrogen-bond donors (Lipinski definition) is 2. The second-order valence-corrected chi connectivity index (χ2v) is 4.29. The lowest BCUT2D eigenvalue weighted by atomic mass is 10.3. The number of nitrogens with one attached hydrogen (secondary N) is 2. The molecule has 0 aliphatic rings. The minimum Gasteiger partial charge on any atom is -0.493 e. The van der Waals surface area contributed by atoms with Crippen LogP contribution in [0.4, 0.5) is 11.5 Å². The molecule has 0 radical (unpaired) electrons. The number of carbonyl (C=O) groups is 1. The summed E-state index contributed by atoms with van der Waals surface area (Å²) in [4.78, 5) is 19.1. The Kier molecular flexibility index (Phi) is 5.26. The van der Waals surface area contributed by atoms with Crippen LogP contribution in [0.3, 0.4) is 0 Å². The van der Waals surface area contributed by atoms with E-state index in [4.69, 9.17) is 10.00 Å². The minimum absolute atomic E-state index is 0.0648. The highest BCUT2D eigenvalue weighted by Gasteiger charge is 2.04. The molecule has 2 aromatic rings. The lowest BCUT2D eigenvalue weighted by molar-refractivity contribution is -0.121. The van der Waals surface area contributed by atoms with E-state index in [0.29, 0.717) is 24.6 Å². The summed E-state index contributed by atoms with van der Waals surface area (Å²) in [7, 11) is 1.59. The lowest BCUT2D eigenvalue weighted by Crippen LogP contribution is -2.20. The van der Waals surface area contributed by atoms with E-state index in [1.807, 2.05) is 6.07 Å². The lowest BCUT2D eigenvalue weighted by Gasteiger charge is -2.08. The molecule has 0 spiro atoms. The highest BCUT2D eigenvalue weighted by atomic mass is 16.5. The van der Waals surface area contributed by atoms with Gasteiger partial charge in [0.15, 0.2) is 11.5 Å². The van der Waals surface area contributed by atoms with Gasteiger partial charge in [0.25, 0.3) is 0 Å². The number of hydrogen-bond acceptors (Lipinski definition) is 6. The van der Waals surface area contributed by atoms with Gasteiger partial charge in [-0.15, -0.1) is 0 Å². The summed E-state index contributed by atoms with van der Waals surface area (Å²) in [5.74, 6) is 0.998. The zero-order valence-corrected chi connectivity index (χ0v) is 12.0. The van der Waals surface area contributed by atoms with Gasteiger partial charge in [-0.05, 0) is 24.3 Å². The highest BCUT2D eigenvalue weighted by molar-refractivity contribution is 5.75. The molecule has 1 aromatic heterocycles. The first-order valence-electron chi connectivity index (χ1n) is 6.64. The maximum absolute atomic E-state index is 11.1. The minimum atomic E-state index is -0.0648. The molecule has 0 saturated heterocycles. The Morgan fingerprint density at radius 3 is 2.68 bits per heavy atom. The van der Waals surface area contributed by atoms with Crippen LogP contribution in [-0.2, 0) is 4.79 Å². The highest BCUT2D eigenvalue weighted by Crippen LogP contribution is 2.20.